The first kappa shape index (κ1) is 29.3. The SMILES string of the molecule is CC(C)(C)C[C@H]1N[C@@H](C(=O)NCCCN2CCCCC2)[C@H](c2cccc(Cl)c2F)[C@@]12C(=O)Nc1cc(Cl)ccc12. The third-order valence-electron chi connectivity index (χ3n) is 8.62. The zero-order valence-electron chi connectivity index (χ0n) is 23.5. The molecule has 3 heterocycles. The molecule has 2 aromatic carbocycles. The first-order valence-electron chi connectivity index (χ1n) is 14.3. The molecule has 3 aliphatic heterocycles. The van der Waals surface area contributed by atoms with Crippen LogP contribution in [0, 0.1) is 11.2 Å². The number of hydrogen-bond donors (Lipinski definition) is 3. The second-order valence-corrected chi connectivity index (χ2v) is 13.5. The van der Waals surface area contributed by atoms with Crippen molar-refractivity contribution in [2.45, 2.75) is 76.3 Å². The number of halogens is 3. The summed E-state index contributed by atoms with van der Waals surface area (Å²) in [6, 6.07) is 8.82. The molecule has 0 radical (unpaired) electrons. The maximum atomic E-state index is 15.8. The summed E-state index contributed by atoms with van der Waals surface area (Å²) in [5.74, 6) is -1.95. The monoisotopic (exact) mass is 588 g/mol. The van der Waals surface area contributed by atoms with Crippen molar-refractivity contribution in [2.75, 3.05) is 31.5 Å². The van der Waals surface area contributed by atoms with E-state index in [0.29, 0.717) is 29.2 Å². The van der Waals surface area contributed by atoms with Gasteiger partial charge in [0.15, 0.2) is 0 Å². The van der Waals surface area contributed by atoms with E-state index in [2.05, 4.69) is 41.6 Å². The molecule has 40 heavy (non-hydrogen) atoms. The lowest BCUT2D eigenvalue weighted by Gasteiger charge is -2.37. The summed E-state index contributed by atoms with van der Waals surface area (Å²) >= 11 is 12.6. The molecular formula is C31H39Cl2FN4O2. The number of amides is 2. The van der Waals surface area contributed by atoms with E-state index in [9.17, 15) is 9.59 Å². The van der Waals surface area contributed by atoms with Gasteiger partial charge in [0.2, 0.25) is 11.8 Å². The highest BCUT2D eigenvalue weighted by Crippen LogP contribution is 2.57. The van der Waals surface area contributed by atoms with E-state index < -0.39 is 29.2 Å². The molecule has 6 nitrogen and oxygen atoms in total. The fraction of sp³-hybridized carbons (Fsp3) is 0.548. The summed E-state index contributed by atoms with van der Waals surface area (Å²) in [5, 5.41) is 10.1. The van der Waals surface area contributed by atoms with Crippen molar-refractivity contribution < 1.29 is 14.0 Å². The molecule has 0 unspecified atom stereocenters. The van der Waals surface area contributed by atoms with Crippen molar-refractivity contribution in [1.29, 1.82) is 0 Å². The number of nitrogens with zero attached hydrogens (tertiary/aromatic N) is 1. The highest BCUT2D eigenvalue weighted by molar-refractivity contribution is 6.31. The van der Waals surface area contributed by atoms with Crippen molar-refractivity contribution in [1.82, 2.24) is 15.5 Å². The predicted octanol–water partition coefficient (Wildman–Crippen LogP) is 5.88. The van der Waals surface area contributed by atoms with E-state index in [1.165, 1.54) is 25.3 Å². The average molecular weight is 590 g/mol. The Morgan fingerprint density at radius 3 is 2.62 bits per heavy atom. The average Bonchev–Trinajstić information content (AvgIpc) is 3.37. The highest BCUT2D eigenvalue weighted by Gasteiger charge is 2.66. The topological polar surface area (TPSA) is 73.5 Å². The van der Waals surface area contributed by atoms with E-state index in [-0.39, 0.29) is 27.8 Å². The first-order valence-corrected chi connectivity index (χ1v) is 15.1. The molecule has 5 rings (SSSR count). The molecule has 2 aromatic rings. The summed E-state index contributed by atoms with van der Waals surface area (Å²) in [7, 11) is 0. The molecule has 2 saturated heterocycles. The Bertz CT molecular complexity index is 1280. The van der Waals surface area contributed by atoms with Crippen molar-refractivity contribution in [2.24, 2.45) is 5.41 Å². The molecule has 0 aliphatic carbocycles. The zero-order valence-corrected chi connectivity index (χ0v) is 25.0. The lowest BCUT2D eigenvalue weighted by Crippen LogP contribution is -2.49. The van der Waals surface area contributed by atoms with Crippen LogP contribution in [0.1, 0.15) is 69.9 Å². The number of piperidine rings is 1. The lowest BCUT2D eigenvalue weighted by atomic mass is 9.62. The number of fused-ring (bicyclic) bond motifs is 2. The van der Waals surface area contributed by atoms with Crippen LogP contribution in [0.4, 0.5) is 10.1 Å². The minimum absolute atomic E-state index is 0.0395. The van der Waals surface area contributed by atoms with E-state index in [4.69, 9.17) is 23.2 Å². The van der Waals surface area contributed by atoms with Gasteiger partial charge in [0.25, 0.3) is 0 Å². The van der Waals surface area contributed by atoms with Gasteiger partial charge in [0, 0.05) is 29.2 Å². The Morgan fingerprint density at radius 2 is 1.90 bits per heavy atom. The Labute approximate surface area is 246 Å². The number of carbonyl (C=O) groups is 2. The highest BCUT2D eigenvalue weighted by atomic mass is 35.5. The molecule has 2 fully saturated rings. The summed E-state index contributed by atoms with van der Waals surface area (Å²) in [6.45, 7) is 9.93. The first-order chi connectivity index (χ1) is 19.0. The molecule has 4 atom stereocenters. The van der Waals surface area contributed by atoms with Gasteiger partial charge in [-0.25, -0.2) is 4.39 Å². The maximum absolute atomic E-state index is 15.8. The number of rotatable bonds is 7. The lowest BCUT2D eigenvalue weighted by molar-refractivity contribution is -0.123. The predicted molar refractivity (Wildman–Crippen MR) is 159 cm³/mol. The molecule has 0 aromatic heterocycles. The van der Waals surface area contributed by atoms with Gasteiger partial charge in [-0.2, -0.15) is 0 Å². The quantitative estimate of drug-likeness (QED) is 0.353. The summed E-state index contributed by atoms with van der Waals surface area (Å²) in [4.78, 5) is 30.5. The number of nitrogens with one attached hydrogen (secondary N) is 3. The second kappa shape index (κ2) is 11.6. The summed E-state index contributed by atoms with van der Waals surface area (Å²) in [6.07, 6.45) is 5.13. The Kier molecular flexibility index (Phi) is 8.49. The van der Waals surface area contributed by atoms with Gasteiger partial charge in [-0.15, -0.1) is 0 Å². The van der Waals surface area contributed by atoms with Crippen molar-refractivity contribution in [3.8, 4) is 0 Å². The number of carbonyl (C=O) groups excluding carboxylic acids is 2. The second-order valence-electron chi connectivity index (χ2n) is 12.6. The minimum atomic E-state index is -1.24. The van der Waals surface area contributed by atoms with Crippen LogP contribution in [0.15, 0.2) is 36.4 Å². The summed E-state index contributed by atoms with van der Waals surface area (Å²) < 4.78 is 15.8. The van der Waals surface area contributed by atoms with Gasteiger partial charge >= 0.3 is 0 Å². The van der Waals surface area contributed by atoms with Gasteiger partial charge in [-0.05, 0) is 80.1 Å². The van der Waals surface area contributed by atoms with Gasteiger partial charge in [-0.3, -0.25) is 9.59 Å². The van der Waals surface area contributed by atoms with Crippen LogP contribution in [0.2, 0.25) is 10.0 Å². The van der Waals surface area contributed by atoms with Gasteiger partial charge in [0.1, 0.15) is 11.2 Å². The van der Waals surface area contributed by atoms with Crippen LogP contribution in [0.25, 0.3) is 0 Å². The molecule has 9 heteroatoms. The molecule has 0 saturated carbocycles. The largest absolute Gasteiger partial charge is 0.355 e. The fourth-order valence-corrected chi connectivity index (χ4v) is 7.31. The van der Waals surface area contributed by atoms with E-state index in [1.54, 1.807) is 24.3 Å². The Morgan fingerprint density at radius 1 is 1.15 bits per heavy atom. The zero-order chi connectivity index (χ0) is 28.7. The van der Waals surface area contributed by atoms with Gasteiger partial charge in [0.05, 0.1) is 11.1 Å². The molecule has 2 amide bonds. The number of likely N-dealkylation sites (tertiary alicyclic amines) is 1. The van der Waals surface area contributed by atoms with Gasteiger partial charge in [-0.1, -0.05) is 68.6 Å². The van der Waals surface area contributed by atoms with E-state index >= 15 is 4.39 Å². The molecule has 3 aliphatic rings. The van der Waals surface area contributed by atoms with Crippen LogP contribution < -0.4 is 16.0 Å². The molecular weight excluding hydrogens is 550 g/mol. The van der Waals surface area contributed by atoms with Crippen LogP contribution in [-0.4, -0.2) is 55.0 Å². The maximum Gasteiger partial charge on any atom is 0.237 e. The minimum Gasteiger partial charge on any atom is -0.355 e. The molecule has 1 spiro atoms. The van der Waals surface area contributed by atoms with E-state index in [0.717, 1.165) is 26.1 Å². The molecule has 216 valence electrons. The molecule has 0 bridgehead atoms. The smallest absolute Gasteiger partial charge is 0.237 e. The van der Waals surface area contributed by atoms with E-state index in [1.807, 2.05) is 6.07 Å². The Balaban J connectivity index is 1.54. The third-order valence-corrected chi connectivity index (χ3v) is 9.15. The van der Waals surface area contributed by atoms with Crippen LogP contribution in [0.3, 0.4) is 0 Å². The van der Waals surface area contributed by atoms with Crippen LogP contribution in [-0.2, 0) is 15.0 Å². The van der Waals surface area contributed by atoms with Crippen molar-refractivity contribution in [3.05, 3.63) is 63.4 Å². The van der Waals surface area contributed by atoms with Crippen LogP contribution in [0.5, 0.6) is 0 Å². The summed E-state index contributed by atoms with van der Waals surface area (Å²) in [5.41, 5.74) is 0.135. The standard InChI is InChI=1S/C31H39Cl2FN4O2/c1-30(2,3)18-24-31(21-12-11-19(32)17-23(21)36-29(31)40)25(20-9-7-10-22(33)26(20)34)27(37-24)28(39)35-13-8-16-38-14-5-4-6-15-38/h7,9-12,17,24-25,27,37H,4-6,8,13-16,18H2,1-3H3,(H,35,39)(H,36,40)/t24-,25+,27-,31+/m1/s1. The normalized spacial score (nSPS) is 26.6. The Hall–Kier alpha value is -2.19. The molecule has 3 N–H and O–H groups in total. The van der Waals surface area contributed by atoms with Crippen LogP contribution >= 0.6 is 23.2 Å². The van der Waals surface area contributed by atoms with Crippen molar-refractivity contribution in [3.63, 3.8) is 0 Å². The number of benzene rings is 2. The fourth-order valence-electron chi connectivity index (χ4n) is 6.96. The van der Waals surface area contributed by atoms with Crippen molar-refractivity contribution >= 4 is 40.7 Å². The van der Waals surface area contributed by atoms with Gasteiger partial charge < -0.3 is 20.9 Å². The third kappa shape index (κ3) is 5.50. The number of anilines is 1. The number of hydrogen-bond acceptors (Lipinski definition) is 4.